The molecule has 0 unspecified atom stereocenters. The molecule has 1 aliphatic rings. The Bertz CT molecular complexity index is 967. The van der Waals surface area contributed by atoms with Crippen molar-refractivity contribution in [2.75, 3.05) is 13.1 Å². The number of benzene rings is 1. The molecule has 0 atom stereocenters. The predicted octanol–water partition coefficient (Wildman–Crippen LogP) is 4.85. The van der Waals surface area contributed by atoms with Gasteiger partial charge in [0.15, 0.2) is 0 Å². The zero-order valence-electron chi connectivity index (χ0n) is 13.5. The molecule has 25 heavy (non-hydrogen) atoms. The number of carbonyl (C=O) groups is 1. The lowest BCUT2D eigenvalue weighted by Crippen LogP contribution is -2.33. The highest BCUT2D eigenvalue weighted by Crippen LogP contribution is 2.31. The van der Waals surface area contributed by atoms with E-state index in [1.165, 1.54) is 16.5 Å². The minimum absolute atomic E-state index is 0.00775. The molecule has 4 nitrogen and oxygen atoms in total. The average Bonchev–Trinajstić information content (AvgIpc) is 3.29. The first kappa shape index (κ1) is 16.0. The second kappa shape index (κ2) is 6.76. The summed E-state index contributed by atoms with van der Waals surface area (Å²) >= 11 is 3.54. The molecule has 2 aromatic heterocycles. The molecule has 1 amide bonds. The maximum Gasteiger partial charge on any atom is 0.246 e. The van der Waals surface area contributed by atoms with E-state index in [4.69, 9.17) is 4.42 Å². The molecule has 1 N–H and O–H groups in total. The number of aromatic nitrogens is 1. The third-order valence-corrected chi connectivity index (χ3v) is 4.94. The van der Waals surface area contributed by atoms with Gasteiger partial charge in [0.05, 0.1) is 6.26 Å². The molecule has 5 heteroatoms. The van der Waals surface area contributed by atoms with Gasteiger partial charge in [0.1, 0.15) is 5.76 Å². The van der Waals surface area contributed by atoms with Gasteiger partial charge in [-0.2, -0.15) is 0 Å². The van der Waals surface area contributed by atoms with Gasteiger partial charge in [0, 0.05) is 46.3 Å². The van der Waals surface area contributed by atoms with Crippen molar-refractivity contribution in [3.8, 4) is 0 Å². The van der Waals surface area contributed by atoms with E-state index in [9.17, 15) is 4.79 Å². The summed E-state index contributed by atoms with van der Waals surface area (Å²) in [6.45, 7) is 1.34. The van der Waals surface area contributed by atoms with Crippen LogP contribution in [0.2, 0.25) is 0 Å². The van der Waals surface area contributed by atoms with E-state index in [0.717, 1.165) is 16.4 Å². The van der Waals surface area contributed by atoms with Crippen molar-refractivity contribution < 1.29 is 9.21 Å². The summed E-state index contributed by atoms with van der Waals surface area (Å²) in [4.78, 5) is 17.5. The van der Waals surface area contributed by atoms with Gasteiger partial charge in [-0.1, -0.05) is 22.0 Å². The molecule has 126 valence electrons. The number of H-pyrrole nitrogens is 1. The highest BCUT2D eigenvalue weighted by molar-refractivity contribution is 9.10. The number of fused-ring (bicyclic) bond motifs is 1. The van der Waals surface area contributed by atoms with Gasteiger partial charge >= 0.3 is 0 Å². The molecular formula is C20H17BrN2O2. The van der Waals surface area contributed by atoms with Gasteiger partial charge in [-0.3, -0.25) is 4.79 Å². The summed E-state index contributed by atoms with van der Waals surface area (Å²) in [6, 6.07) is 9.86. The van der Waals surface area contributed by atoms with Crippen LogP contribution in [0.15, 0.2) is 63.8 Å². The Labute approximate surface area is 153 Å². The van der Waals surface area contributed by atoms with Gasteiger partial charge in [0.25, 0.3) is 0 Å². The van der Waals surface area contributed by atoms with Crippen LogP contribution in [-0.4, -0.2) is 28.9 Å². The fourth-order valence-corrected chi connectivity index (χ4v) is 3.48. The molecular weight excluding hydrogens is 380 g/mol. The maximum atomic E-state index is 12.3. The number of furan rings is 1. The molecule has 3 heterocycles. The fraction of sp³-hybridized carbons (Fsp3) is 0.150. The lowest BCUT2D eigenvalue weighted by molar-refractivity contribution is -0.125. The molecule has 1 aliphatic heterocycles. The minimum atomic E-state index is 0.00775. The van der Waals surface area contributed by atoms with Gasteiger partial charge in [-0.05, 0) is 48.4 Å². The third-order valence-electron chi connectivity index (χ3n) is 4.44. The lowest BCUT2D eigenvalue weighted by Gasteiger charge is -2.25. The van der Waals surface area contributed by atoms with Gasteiger partial charge in [0.2, 0.25) is 5.91 Å². The predicted molar refractivity (Wildman–Crippen MR) is 103 cm³/mol. The number of amides is 1. The lowest BCUT2D eigenvalue weighted by atomic mass is 9.99. The first-order valence-electron chi connectivity index (χ1n) is 8.17. The fourth-order valence-electron chi connectivity index (χ4n) is 3.12. The number of nitrogens with zero attached hydrogens (tertiary/aromatic N) is 1. The Hall–Kier alpha value is -2.53. The quantitative estimate of drug-likeness (QED) is 0.643. The van der Waals surface area contributed by atoms with Crippen molar-refractivity contribution in [3.05, 3.63) is 70.7 Å². The second-order valence-corrected chi connectivity index (χ2v) is 6.92. The Morgan fingerprint density at radius 2 is 2.24 bits per heavy atom. The average molecular weight is 397 g/mol. The molecule has 0 saturated heterocycles. The molecule has 0 radical (unpaired) electrons. The van der Waals surface area contributed by atoms with E-state index in [2.05, 4.69) is 45.3 Å². The van der Waals surface area contributed by atoms with Gasteiger partial charge in [-0.15, -0.1) is 0 Å². The molecule has 1 aromatic carbocycles. The number of hydrogen-bond donors (Lipinski definition) is 1. The van der Waals surface area contributed by atoms with E-state index in [0.29, 0.717) is 18.8 Å². The number of nitrogens with one attached hydrogen (secondary N) is 1. The highest BCUT2D eigenvalue weighted by atomic mass is 79.9. The van der Waals surface area contributed by atoms with Crippen molar-refractivity contribution in [1.82, 2.24) is 9.88 Å². The minimum Gasteiger partial charge on any atom is -0.465 e. The van der Waals surface area contributed by atoms with E-state index in [1.807, 2.05) is 17.0 Å². The monoisotopic (exact) mass is 396 g/mol. The summed E-state index contributed by atoms with van der Waals surface area (Å²) in [5, 5.41) is 1.21. The summed E-state index contributed by atoms with van der Waals surface area (Å²) in [6.07, 6.45) is 9.92. The highest BCUT2D eigenvalue weighted by Gasteiger charge is 2.18. The smallest absolute Gasteiger partial charge is 0.246 e. The molecule has 0 fully saturated rings. The van der Waals surface area contributed by atoms with Crippen LogP contribution in [0.5, 0.6) is 0 Å². The number of carbonyl (C=O) groups excluding carboxylic acids is 1. The van der Waals surface area contributed by atoms with Crippen LogP contribution in [0.1, 0.15) is 17.7 Å². The Morgan fingerprint density at radius 3 is 3.00 bits per heavy atom. The van der Waals surface area contributed by atoms with Crippen LogP contribution >= 0.6 is 15.9 Å². The first-order chi connectivity index (χ1) is 12.2. The second-order valence-electron chi connectivity index (χ2n) is 6.00. The summed E-state index contributed by atoms with van der Waals surface area (Å²) in [7, 11) is 0. The number of rotatable bonds is 3. The zero-order chi connectivity index (χ0) is 17.2. The Kier molecular flexibility index (Phi) is 4.32. The molecule has 0 bridgehead atoms. The standard InChI is InChI=1S/C20H17BrN2O2/c21-15-3-5-19-17(12-15)18(13-22-19)14-7-9-23(10-8-14)20(24)6-4-16-2-1-11-25-16/h1-7,11-13,22H,8-10H2/b6-4+. The van der Waals surface area contributed by atoms with Crippen molar-refractivity contribution in [2.24, 2.45) is 0 Å². The van der Waals surface area contributed by atoms with Crippen molar-refractivity contribution in [3.63, 3.8) is 0 Å². The van der Waals surface area contributed by atoms with Crippen LogP contribution in [0.4, 0.5) is 0 Å². The number of halogens is 1. The number of hydrogen-bond acceptors (Lipinski definition) is 2. The van der Waals surface area contributed by atoms with Gasteiger partial charge in [-0.25, -0.2) is 0 Å². The maximum absolute atomic E-state index is 12.3. The SMILES string of the molecule is O=C(/C=C/c1ccco1)N1CC=C(c2c[nH]c3ccc(Br)cc23)CC1. The zero-order valence-corrected chi connectivity index (χ0v) is 15.1. The van der Waals surface area contributed by atoms with E-state index >= 15 is 0 Å². The summed E-state index contributed by atoms with van der Waals surface area (Å²) < 4.78 is 6.28. The molecule has 4 rings (SSSR count). The summed E-state index contributed by atoms with van der Waals surface area (Å²) in [5.41, 5.74) is 3.62. The summed E-state index contributed by atoms with van der Waals surface area (Å²) in [5.74, 6) is 0.694. The van der Waals surface area contributed by atoms with Crippen LogP contribution in [0, 0.1) is 0 Å². The van der Waals surface area contributed by atoms with E-state index in [-0.39, 0.29) is 5.91 Å². The van der Waals surface area contributed by atoms with Crippen molar-refractivity contribution >= 4 is 44.4 Å². The van der Waals surface area contributed by atoms with Crippen molar-refractivity contribution in [2.45, 2.75) is 6.42 Å². The third kappa shape index (κ3) is 3.33. The largest absolute Gasteiger partial charge is 0.465 e. The Balaban J connectivity index is 1.50. The van der Waals surface area contributed by atoms with E-state index in [1.54, 1.807) is 24.5 Å². The Morgan fingerprint density at radius 1 is 1.32 bits per heavy atom. The van der Waals surface area contributed by atoms with Gasteiger partial charge < -0.3 is 14.3 Å². The normalized spacial score (nSPS) is 15.1. The molecule has 0 spiro atoms. The van der Waals surface area contributed by atoms with Crippen LogP contribution in [0.25, 0.3) is 22.6 Å². The number of aromatic amines is 1. The van der Waals surface area contributed by atoms with E-state index < -0.39 is 0 Å². The van der Waals surface area contributed by atoms with Crippen LogP contribution < -0.4 is 0 Å². The van der Waals surface area contributed by atoms with Crippen LogP contribution in [-0.2, 0) is 4.79 Å². The molecule has 0 aliphatic carbocycles. The van der Waals surface area contributed by atoms with Crippen molar-refractivity contribution in [1.29, 1.82) is 0 Å². The molecule has 3 aromatic rings. The van der Waals surface area contributed by atoms with Crippen LogP contribution in [0.3, 0.4) is 0 Å². The first-order valence-corrected chi connectivity index (χ1v) is 8.96. The topological polar surface area (TPSA) is 49.2 Å². The molecule has 0 saturated carbocycles.